The molecule has 5 rings (SSSR count). The van der Waals surface area contributed by atoms with E-state index in [-0.39, 0.29) is 42.2 Å². The van der Waals surface area contributed by atoms with Crippen molar-refractivity contribution in [1.82, 2.24) is 24.8 Å². The van der Waals surface area contributed by atoms with E-state index < -0.39 is 23.1 Å². The Morgan fingerprint density at radius 2 is 1.73 bits per heavy atom. The Morgan fingerprint density at radius 3 is 2.39 bits per heavy atom. The Balaban J connectivity index is 1.24. The van der Waals surface area contributed by atoms with Crippen LogP contribution in [0.4, 0.5) is 18.9 Å². The highest BCUT2D eigenvalue weighted by Gasteiger charge is 2.51. The largest absolute Gasteiger partial charge is 0.497 e. The number of ether oxygens (including phenoxy) is 1. The molecule has 0 radical (unpaired) electrons. The molecular weight excluding hydrogens is 573 g/mol. The highest BCUT2D eigenvalue weighted by atomic mass is 19.3. The van der Waals surface area contributed by atoms with E-state index in [4.69, 9.17) is 4.74 Å². The topological polar surface area (TPSA) is 92.6 Å². The molecule has 12 heteroatoms. The van der Waals surface area contributed by atoms with E-state index >= 15 is 0 Å². The maximum Gasteiger partial charge on any atom is 0.256 e. The van der Waals surface area contributed by atoms with Gasteiger partial charge in [-0.1, -0.05) is 18.6 Å². The molecule has 0 bridgehead atoms. The van der Waals surface area contributed by atoms with Crippen molar-refractivity contribution in [2.45, 2.75) is 77.6 Å². The lowest BCUT2D eigenvalue weighted by Crippen LogP contribution is -2.57. The second kappa shape index (κ2) is 12.6. The van der Waals surface area contributed by atoms with Gasteiger partial charge in [0, 0.05) is 49.9 Å². The highest BCUT2D eigenvalue weighted by Crippen LogP contribution is 2.48. The van der Waals surface area contributed by atoms with Gasteiger partial charge in [-0.2, -0.15) is 0 Å². The third kappa shape index (κ3) is 6.59. The van der Waals surface area contributed by atoms with Gasteiger partial charge in [-0.25, -0.2) is 13.2 Å². The first-order valence-electron chi connectivity index (χ1n) is 15.0. The number of nitrogens with zero attached hydrogens (tertiary/aromatic N) is 5. The number of aromatic nitrogens is 3. The van der Waals surface area contributed by atoms with E-state index in [2.05, 4.69) is 20.5 Å². The van der Waals surface area contributed by atoms with Gasteiger partial charge in [0.05, 0.1) is 36.0 Å². The normalized spacial score (nSPS) is 23.8. The minimum absolute atomic E-state index is 0.0640. The Kier molecular flexibility index (Phi) is 9.01. The number of alkyl halides is 2. The van der Waals surface area contributed by atoms with E-state index in [9.17, 15) is 22.8 Å². The summed E-state index contributed by atoms with van der Waals surface area (Å²) in [5, 5.41) is 11.1. The number of anilines is 1. The molecule has 3 atom stereocenters. The number of amides is 2. The van der Waals surface area contributed by atoms with Crippen LogP contribution in [0, 0.1) is 11.2 Å². The summed E-state index contributed by atoms with van der Waals surface area (Å²) >= 11 is 0. The van der Waals surface area contributed by atoms with Crippen molar-refractivity contribution in [2.24, 2.45) is 5.41 Å². The van der Waals surface area contributed by atoms with Gasteiger partial charge in [0.25, 0.3) is 17.7 Å². The molecule has 2 fully saturated rings. The molecule has 3 aromatic rings. The highest BCUT2D eigenvalue weighted by molar-refractivity contribution is 6.09. The number of nitrogens with one attached hydrogen (secondary N) is 1. The molecule has 2 heterocycles. The van der Waals surface area contributed by atoms with Crippen LogP contribution in [0.2, 0.25) is 0 Å². The molecule has 1 aliphatic carbocycles. The Bertz CT molecular complexity index is 1480. The fourth-order valence-electron chi connectivity index (χ4n) is 6.32. The van der Waals surface area contributed by atoms with Crippen LogP contribution >= 0.6 is 0 Å². The number of rotatable bonds is 8. The molecule has 1 N–H and O–H groups in total. The molecule has 0 spiro atoms. The maximum absolute atomic E-state index is 14.7. The maximum atomic E-state index is 14.7. The summed E-state index contributed by atoms with van der Waals surface area (Å²) in [5.74, 6) is -3.53. The van der Waals surface area contributed by atoms with Gasteiger partial charge in [-0.05, 0) is 69.2 Å². The van der Waals surface area contributed by atoms with E-state index in [1.54, 1.807) is 42.3 Å². The quantitative estimate of drug-likeness (QED) is 0.355. The van der Waals surface area contributed by atoms with Gasteiger partial charge in [0.15, 0.2) is 0 Å². The zero-order valence-corrected chi connectivity index (χ0v) is 25.5. The average molecular weight is 613 g/mol. The number of hydrogen-bond donors (Lipinski definition) is 1. The lowest BCUT2D eigenvalue weighted by Gasteiger charge is -2.44. The van der Waals surface area contributed by atoms with Crippen LogP contribution in [-0.2, 0) is 13.1 Å². The van der Waals surface area contributed by atoms with E-state index in [0.717, 1.165) is 12.5 Å². The summed E-state index contributed by atoms with van der Waals surface area (Å²) in [7, 11) is 1.52. The summed E-state index contributed by atoms with van der Waals surface area (Å²) in [6, 6.07) is 10.1. The Labute approximate surface area is 255 Å². The minimum atomic E-state index is -2.74. The molecule has 9 nitrogen and oxygen atoms in total. The summed E-state index contributed by atoms with van der Waals surface area (Å²) in [5.41, 5.74) is 0.136. The lowest BCUT2D eigenvalue weighted by molar-refractivity contribution is -0.149. The smallest absolute Gasteiger partial charge is 0.256 e. The number of hydrogen-bond acceptors (Lipinski definition) is 6. The van der Waals surface area contributed by atoms with Gasteiger partial charge < -0.3 is 15.0 Å². The first-order chi connectivity index (χ1) is 20.9. The third-order valence-corrected chi connectivity index (χ3v) is 9.00. The van der Waals surface area contributed by atoms with Crippen LogP contribution in [0.1, 0.15) is 72.9 Å². The van der Waals surface area contributed by atoms with Gasteiger partial charge >= 0.3 is 0 Å². The van der Waals surface area contributed by atoms with E-state index in [1.165, 1.54) is 23.9 Å². The second-order valence-electron chi connectivity index (χ2n) is 12.3. The zero-order valence-electron chi connectivity index (χ0n) is 25.5. The summed E-state index contributed by atoms with van der Waals surface area (Å²) in [6.45, 7) is 6.98. The fourth-order valence-corrected chi connectivity index (χ4v) is 6.32. The fraction of sp³-hybridized carbons (Fsp3) is 0.500. The number of carbonyl (C=O) groups is 2. The number of halogens is 3. The second-order valence-corrected chi connectivity index (χ2v) is 12.3. The van der Waals surface area contributed by atoms with Gasteiger partial charge in [-0.3, -0.25) is 19.2 Å². The Morgan fingerprint density at radius 1 is 1.05 bits per heavy atom. The van der Waals surface area contributed by atoms with E-state index in [1.807, 2.05) is 13.8 Å². The first-order valence-corrected chi connectivity index (χ1v) is 15.0. The van der Waals surface area contributed by atoms with Crippen LogP contribution in [0.25, 0.3) is 0 Å². The van der Waals surface area contributed by atoms with Crippen LogP contribution in [0.3, 0.4) is 0 Å². The average Bonchev–Trinajstić information content (AvgIpc) is 3.42. The van der Waals surface area contributed by atoms with Crippen molar-refractivity contribution in [2.75, 3.05) is 25.5 Å². The van der Waals surface area contributed by atoms with Crippen molar-refractivity contribution in [3.63, 3.8) is 0 Å². The molecule has 1 saturated heterocycles. The molecule has 2 aliphatic rings. The molecule has 2 aromatic carbocycles. The van der Waals surface area contributed by atoms with Crippen LogP contribution < -0.4 is 10.1 Å². The van der Waals surface area contributed by atoms with Crippen molar-refractivity contribution < 1.29 is 27.5 Å². The molecule has 1 unspecified atom stereocenters. The number of carbonyl (C=O) groups excluding carboxylic acids is 2. The Hall–Kier alpha value is -3.93. The molecule has 1 saturated carbocycles. The summed E-state index contributed by atoms with van der Waals surface area (Å²) in [4.78, 5) is 30.5. The monoisotopic (exact) mass is 612 g/mol. The molecule has 1 aliphatic heterocycles. The molecule has 236 valence electrons. The number of piperazine rings is 1. The molecule has 2 amide bonds. The molecular formula is C32H39F3N6O3. The third-order valence-electron chi connectivity index (χ3n) is 9.00. The first kappa shape index (κ1) is 31.5. The van der Waals surface area contributed by atoms with Crippen molar-refractivity contribution >= 4 is 17.5 Å². The predicted octanol–water partition coefficient (Wildman–Crippen LogP) is 5.63. The number of methoxy groups -OCH3 is 1. The SMILES string of the molecule is COc1ccc(C(=O)Nc2cc(F)ccc2C(=O)N2C[C@@H](C)N(Cc3cn(CC4(C)CCCCC4(F)F)nn3)[C@@H](C)C2)cc1. The van der Waals surface area contributed by atoms with Crippen molar-refractivity contribution in [3.8, 4) is 5.75 Å². The predicted molar refractivity (Wildman–Crippen MR) is 159 cm³/mol. The van der Waals surface area contributed by atoms with E-state index in [0.29, 0.717) is 49.5 Å². The molecule has 44 heavy (non-hydrogen) atoms. The summed E-state index contributed by atoms with van der Waals surface area (Å²) in [6.07, 6.45) is 3.40. The summed E-state index contributed by atoms with van der Waals surface area (Å²) < 4.78 is 50.3. The standard InChI is InChI=1S/C32H39F3N6O3/c1-21-16-39(30(43)27-12-9-24(33)15-28(27)36-29(42)23-7-10-26(44-4)11-8-23)17-22(2)41(21)19-25-18-40(38-37-25)20-31(3)13-5-6-14-32(31,34)35/h7-12,15,18,21-22H,5-6,13-14,16-17,19-20H2,1-4H3,(H,36,42)/t21-,22+,31?. The number of benzene rings is 2. The van der Waals surface area contributed by atoms with Crippen LogP contribution in [0.15, 0.2) is 48.7 Å². The van der Waals surface area contributed by atoms with Gasteiger partial charge in [-0.15, -0.1) is 5.10 Å². The molecule has 1 aromatic heterocycles. The zero-order chi connectivity index (χ0) is 31.6. The lowest BCUT2D eigenvalue weighted by atomic mass is 9.72. The van der Waals surface area contributed by atoms with Gasteiger partial charge in [0.1, 0.15) is 11.6 Å². The van der Waals surface area contributed by atoms with Crippen molar-refractivity contribution in [1.29, 1.82) is 0 Å². The minimum Gasteiger partial charge on any atom is -0.497 e. The van der Waals surface area contributed by atoms with Crippen molar-refractivity contribution in [3.05, 3.63) is 71.3 Å². The van der Waals surface area contributed by atoms with Crippen LogP contribution in [0.5, 0.6) is 5.75 Å². The van der Waals surface area contributed by atoms with Gasteiger partial charge in [0.2, 0.25) is 0 Å². The van der Waals surface area contributed by atoms with Crippen LogP contribution in [-0.4, -0.2) is 74.8 Å².